The first kappa shape index (κ1) is 10.5. The van der Waals surface area contributed by atoms with Gasteiger partial charge in [-0.2, -0.15) is 0 Å². The smallest absolute Gasteiger partial charge is 0.181 e. The molecule has 2 rings (SSSR count). The van der Waals surface area contributed by atoms with Crippen LogP contribution in [-0.4, -0.2) is 20.8 Å². The monoisotopic (exact) mass is 285 g/mol. The van der Waals surface area contributed by atoms with Crippen molar-refractivity contribution in [2.75, 3.05) is 0 Å². The molecule has 2 aromatic rings. The summed E-state index contributed by atoms with van der Waals surface area (Å²) >= 11 is 5.08. The molecule has 2 heterocycles. The number of aromatic nitrogens is 3. The van der Waals surface area contributed by atoms with Crippen molar-refractivity contribution in [2.24, 2.45) is 0 Å². The third kappa shape index (κ3) is 2.32. The maximum Gasteiger partial charge on any atom is 0.181 e. The second-order valence-corrected chi connectivity index (χ2v) is 4.90. The minimum Gasteiger partial charge on any atom is -0.293 e. The van der Waals surface area contributed by atoms with E-state index in [1.54, 1.807) is 22.2 Å². The van der Waals surface area contributed by atoms with Crippen molar-refractivity contribution in [1.29, 1.82) is 0 Å². The van der Waals surface area contributed by atoms with Gasteiger partial charge in [-0.05, 0) is 27.4 Å². The number of nitrogens with zero attached hydrogens (tertiary/aromatic N) is 3. The van der Waals surface area contributed by atoms with Gasteiger partial charge in [-0.15, -0.1) is 16.4 Å². The molecule has 0 aliphatic carbocycles. The van der Waals surface area contributed by atoms with E-state index in [0.29, 0.717) is 12.2 Å². The molecule has 78 valence electrons. The van der Waals surface area contributed by atoms with Crippen molar-refractivity contribution in [1.82, 2.24) is 15.0 Å². The Labute approximate surface area is 99.0 Å². The van der Waals surface area contributed by atoms with Crippen molar-refractivity contribution >= 4 is 33.0 Å². The highest BCUT2D eigenvalue weighted by molar-refractivity contribution is 9.10. The van der Waals surface area contributed by atoms with Crippen LogP contribution in [0.4, 0.5) is 0 Å². The van der Waals surface area contributed by atoms with E-state index in [9.17, 15) is 4.79 Å². The van der Waals surface area contributed by atoms with E-state index in [0.717, 1.165) is 9.35 Å². The number of ketones is 1. The first-order valence-corrected chi connectivity index (χ1v) is 5.97. The maximum atomic E-state index is 11.0. The van der Waals surface area contributed by atoms with Gasteiger partial charge < -0.3 is 0 Å². The highest BCUT2D eigenvalue weighted by Crippen LogP contribution is 2.23. The standard InChI is InChI=1S/C9H8BrN3OS/c1-6(14)8-4-13(12-11-8)5-9-7(10)2-3-15-9/h2-4H,5H2,1H3. The second kappa shape index (κ2) is 4.24. The normalized spacial score (nSPS) is 10.5. The van der Waals surface area contributed by atoms with Crippen LogP contribution in [0, 0.1) is 0 Å². The molecule has 0 bridgehead atoms. The van der Waals surface area contributed by atoms with Crippen LogP contribution in [0.15, 0.2) is 22.1 Å². The maximum absolute atomic E-state index is 11.0. The van der Waals surface area contributed by atoms with Crippen molar-refractivity contribution in [3.8, 4) is 0 Å². The van der Waals surface area contributed by atoms with Crippen LogP contribution in [-0.2, 0) is 6.54 Å². The number of rotatable bonds is 3. The summed E-state index contributed by atoms with van der Waals surface area (Å²) in [7, 11) is 0. The summed E-state index contributed by atoms with van der Waals surface area (Å²) in [5.41, 5.74) is 0.405. The zero-order valence-corrected chi connectivity index (χ0v) is 10.4. The Morgan fingerprint density at radius 2 is 2.47 bits per heavy atom. The molecule has 0 saturated carbocycles. The van der Waals surface area contributed by atoms with E-state index < -0.39 is 0 Å². The fourth-order valence-corrected chi connectivity index (χ4v) is 2.59. The molecule has 0 saturated heterocycles. The minimum absolute atomic E-state index is 0.0634. The lowest BCUT2D eigenvalue weighted by Gasteiger charge is -1.96. The predicted molar refractivity (Wildman–Crippen MR) is 61.1 cm³/mol. The van der Waals surface area contributed by atoms with E-state index >= 15 is 0 Å². The molecular weight excluding hydrogens is 278 g/mol. The van der Waals surface area contributed by atoms with Crippen molar-refractivity contribution in [2.45, 2.75) is 13.5 Å². The number of carbonyl (C=O) groups is 1. The third-order valence-corrected chi connectivity index (χ3v) is 3.81. The summed E-state index contributed by atoms with van der Waals surface area (Å²) in [6.07, 6.45) is 1.66. The van der Waals surface area contributed by atoms with Gasteiger partial charge in [0.25, 0.3) is 0 Å². The number of carbonyl (C=O) groups excluding carboxylic acids is 1. The van der Waals surface area contributed by atoms with Crippen molar-refractivity contribution in [3.05, 3.63) is 32.7 Å². The largest absolute Gasteiger partial charge is 0.293 e. The SMILES string of the molecule is CC(=O)c1cn(Cc2sccc2Br)nn1. The summed E-state index contributed by atoms with van der Waals surface area (Å²) in [6, 6.07) is 1.99. The molecule has 0 aliphatic rings. The van der Waals surface area contributed by atoms with Gasteiger partial charge in [-0.3, -0.25) is 4.79 Å². The van der Waals surface area contributed by atoms with Crippen molar-refractivity contribution in [3.63, 3.8) is 0 Å². The molecule has 0 aliphatic heterocycles. The number of halogens is 1. The predicted octanol–water partition coefficient (Wildman–Crippen LogP) is 2.35. The average Bonchev–Trinajstić information content (AvgIpc) is 2.77. The van der Waals surface area contributed by atoms with Crippen molar-refractivity contribution < 1.29 is 4.79 Å². The van der Waals surface area contributed by atoms with Crippen LogP contribution >= 0.6 is 27.3 Å². The zero-order valence-electron chi connectivity index (χ0n) is 7.98. The number of thiophene rings is 1. The Balaban J connectivity index is 2.18. The van der Waals surface area contributed by atoms with Crippen LogP contribution in [0.5, 0.6) is 0 Å². The van der Waals surface area contributed by atoms with E-state index in [-0.39, 0.29) is 5.78 Å². The van der Waals surface area contributed by atoms with Gasteiger partial charge in [0.1, 0.15) is 5.69 Å². The molecule has 0 radical (unpaired) electrons. The lowest BCUT2D eigenvalue weighted by molar-refractivity contribution is 0.101. The lowest BCUT2D eigenvalue weighted by atomic mass is 10.3. The van der Waals surface area contributed by atoms with Crippen LogP contribution in [0.3, 0.4) is 0 Å². The Morgan fingerprint density at radius 3 is 3.00 bits per heavy atom. The van der Waals surface area contributed by atoms with Gasteiger partial charge in [-0.25, -0.2) is 4.68 Å². The van der Waals surface area contributed by atoms with Gasteiger partial charge in [0, 0.05) is 16.3 Å². The molecular formula is C9H8BrN3OS. The number of hydrogen-bond donors (Lipinski definition) is 0. The molecule has 0 N–H and O–H groups in total. The molecule has 0 atom stereocenters. The Bertz CT molecular complexity index is 491. The van der Waals surface area contributed by atoms with Gasteiger partial charge in [0.15, 0.2) is 5.78 Å². The quantitative estimate of drug-likeness (QED) is 0.814. The summed E-state index contributed by atoms with van der Waals surface area (Å²) in [5.74, 6) is -0.0634. The first-order valence-electron chi connectivity index (χ1n) is 4.30. The van der Waals surface area contributed by atoms with Gasteiger partial charge in [-0.1, -0.05) is 5.21 Å². The second-order valence-electron chi connectivity index (χ2n) is 3.05. The summed E-state index contributed by atoms with van der Waals surface area (Å²) in [6.45, 7) is 2.12. The topological polar surface area (TPSA) is 47.8 Å². The molecule has 2 aromatic heterocycles. The number of hydrogen-bond acceptors (Lipinski definition) is 4. The van der Waals surface area contributed by atoms with E-state index in [1.807, 2.05) is 11.4 Å². The van der Waals surface area contributed by atoms with Crippen LogP contribution < -0.4 is 0 Å². The molecule has 15 heavy (non-hydrogen) atoms. The summed E-state index contributed by atoms with van der Waals surface area (Å²) < 4.78 is 2.72. The molecule has 0 fully saturated rings. The first-order chi connectivity index (χ1) is 7.16. The Hall–Kier alpha value is -1.01. The number of Topliss-reactive ketones (excluding diaryl/α,β-unsaturated/α-hetero) is 1. The molecule has 0 amide bonds. The Kier molecular flexibility index (Phi) is 2.97. The van der Waals surface area contributed by atoms with E-state index in [2.05, 4.69) is 26.2 Å². The lowest BCUT2D eigenvalue weighted by Crippen LogP contribution is -1.98. The fourth-order valence-electron chi connectivity index (χ4n) is 1.12. The molecule has 0 aromatic carbocycles. The molecule has 0 unspecified atom stereocenters. The Morgan fingerprint density at radius 1 is 1.67 bits per heavy atom. The third-order valence-electron chi connectivity index (χ3n) is 1.90. The fraction of sp³-hybridized carbons (Fsp3) is 0.222. The van der Waals surface area contributed by atoms with E-state index in [1.165, 1.54) is 6.92 Å². The minimum atomic E-state index is -0.0634. The molecule has 4 nitrogen and oxygen atoms in total. The van der Waals surface area contributed by atoms with Crippen LogP contribution in [0.1, 0.15) is 22.3 Å². The van der Waals surface area contributed by atoms with Gasteiger partial charge >= 0.3 is 0 Å². The zero-order chi connectivity index (χ0) is 10.8. The van der Waals surface area contributed by atoms with E-state index in [4.69, 9.17) is 0 Å². The van der Waals surface area contributed by atoms with Gasteiger partial charge in [0.05, 0.1) is 12.7 Å². The molecule has 6 heteroatoms. The van der Waals surface area contributed by atoms with Crippen LogP contribution in [0.2, 0.25) is 0 Å². The summed E-state index contributed by atoms with van der Waals surface area (Å²) in [4.78, 5) is 12.2. The van der Waals surface area contributed by atoms with Gasteiger partial charge in [0.2, 0.25) is 0 Å². The highest BCUT2D eigenvalue weighted by Gasteiger charge is 2.07. The summed E-state index contributed by atoms with van der Waals surface area (Å²) in [5, 5.41) is 9.67. The molecule has 0 spiro atoms. The highest BCUT2D eigenvalue weighted by atomic mass is 79.9. The van der Waals surface area contributed by atoms with Crippen LogP contribution in [0.25, 0.3) is 0 Å². The average molecular weight is 286 g/mol.